The zero-order chi connectivity index (χ0) is 15.1. The van der Waals surface area contributed by atoms with Crippen molar-refractivity contribution in [1.29, 1.82) is 0 Å². The Labute approximate surface area is 127 Å². The minimum absolute atomic E-state index is 0.121. The molecule has 1 heterocycles. The third-order valence-corrected chi connectivity index (χ3v) is 3.90. The molecule has 21 heavy (non-hydrogen) atoms. The molecule has 0 saturated carbocycles. The molecular formula is C17H26N2O2. The summed E-state index contributed by atoms with van der Waals surface area (Å²) in [5.41, 5.74) is 6.95. The van der Waals surface area contributed by atoms with E-state index >= 15 is 0 Å². The molecule has 1 fully saturated rings. The summed E-state index contributed by atoms with van der Waals surface area (Å²) in [6, 6.07) is 8.00. The summed E-state index contributed by atoms with van der Waals surface area (Å²) in [4.78, 5) is 14.4. The lowest BCUT2D eigenvalue weighted by atomic mass is 9.98. The van der Waals surface area contributed by atoms with Crippen molar-refractivity contribution >= 4 is 5.91 Å². The van der Waals surface area contributed by atoms with Crippen LogP contribution in [0.3, 0.4) is 0 Å². The predicted octanol–water partition coefficient (Wildman–Crippen LogP) is 2.22. The maximum absolute atomic E-state index is 12.5. The first-order valence-corrected chi connectivity index (χ1v) is 7.95. The van der Waals surface area contributed by atoms with Crippen LogP contribution in [-0.2, 0) is 11.2 Å². The zero-order valence-corrected chi connectivity index (χ0v) is 12.9. The Morgan fingerprint density at radius 3 is 2.81 bits per heavy atom. The van der Waals surface area contributed by atoms with E-state index in [2.05, 4.69) is 6.92 Å². The van der Waals surface area contributed by atoms with Gasteiger partial charge in [-0.05, 0) is 43.4 Å². The summed E-state index contributed by atoms with van der Waals surface area (Å²) in [6.45, 7) is 4.97. The van der Waals surface area contributed by atoms with Gasteiger partial charge in [-0.15, -0.1) is 0 Å². The highest BCUT2D eigenvalue weighted by Crippen LogP contribution is 2.19. The van der Waals surface area contributed by atoms with Crippen molar-refractivity contribution in [3.05, 3.63) is 29.8 Å². The Morgan fingerprint density at radius 1 is 1.38 bits per heavy atom. The number of nitrogens with zero attached hydrogens (tertiary/aromatic N) is 1. The molecule has 0 aliphatic carbocycles. The molecule has 1 aliphatic heterocycles. The number of carbonyl (C=O) groups excluding carboxylic acids is 1. The lowest BCUT2D eigenvalue weighted by molar-refractivity contribution is -0.134. The lowest BCUT2D eigenvalue weighted by Gasteiger charge is -2.22. The number of amides is 1. The minimum atomic E-state index is -0.121. The summed E-state index contributed by atoms with van der Waals surface area (Å²) in [5, 5.41) is 0. The lowest BCUT2D eigenvalue weighted by Crippen LogP contribution is -2.38. The number of carbonyl (C=O) groups is 1. The normalized spacial score (nSPS) is 16.0. The first-order valence-electron chi connectivity index (χ1n) is 7.95. The van der Waals surface area contributed by atoms with Crippen LogP contribution in [0.15, 0.2) is 24.3 Å². The largest absolute Gasteiger partial charge is 0.494 e. The van der Waals surface area contributed by atoms with E-state index < -0.39 is 0 Å². The van der Waals surface area contributed by atoms with Gasteiger partial charge in [-0.2, -0.15) is 0 Å². The van der Waals surface area contributed by atoms with Gasteiger partial charge in [-0.1, -0.05) is 19.1 Å². The fourth-order valence-electron chi connectivity index (χ4n) is 2.73. The number of benzene rings is 1. The first kappa shape index (κ1) is 15.8. The Kier molecular flexibility index (Phi) is 6.05. The van der Waals surface area contributed by atoms with Gasteiger partial charge in [0.15, 0.2) is 0 Å². The fraction of sp³-hybridized carbons (Fsp3) is 0.588. The van der Waals surface area contributed by atoms with Gasteiger partial charge in [0.1, 0.15) is 5.75 Å². The summed E-state index contributed by atoms with van der Waals surface area (Å²) < 4.78 is 5.64. The molecule has 0 bridgehead atoms. The van der Waals surface area contributed by atoms with Gasteiger partial charge in [0.25, 0.3) is 0 Å². The highest BCUT2D eigenvalue weighted by molar-refractivity contribution is 5.79. The third-order valence-electron chi connectivity index (χ3n) is 3.90. The second-order valence-corrected chi connectivity index (χ2v) is 5.67. The molecular weight excluding hydrogens is 264 g/mol. The highest BCUT2D eigenvalue weighted by Gasteiger charge is 2.25. The van der Waals surface area contributed by atoms with Crippen LogP contribution >= 0.6 is 0 Å². The molecule has 1 saturated heterocycles. The molecule has 0 aromatic heterocycles. The molecule has 0 spiro atoms. The number of likely N-dealkylation sites (tertiary alicyclic amines) is 1. The van der Waals surface area contributed by atoms with Crippen LogP contribution in [0.2, 0.25) is 0 Å². The predicted molar refractivity (Wildman–Crippen MR) is 84.3 cm³/mol. The zero-order valence-electron chi connectivity index (χ0n) is 12.9. The van der Waals surface area contributed by atoms with Gasteiger partial charge in [0.2, 0.25) is 5.91 Å². The Morgan fingerprint density at radius 2 is 2.14 bits per heavy atom. The number of ether oxygens (including phenoxy) is 1. The van der Waals surface area contributed by atoms with E-state index in [-0.39, 0.29) is 11.8 Å². The standard InChI is InChI=1S/C17H26N2O2/c1-2-10-21-16-7-5-6-14(12-16)11-15(13-18)17(20)19-8-3-4-9-19/h5-7,12,15H,2-4,8-11,13,18H2,1H3. The Bertz CT molecular complexity index is 456. The van der Waals surface area contributed by atoms with Gasteiger partial charge in [0, 0.05) is 19.6 Å². The molecule has 2 N–H and O–H groups in total. The Balaban J connectivity index is 1.98. The number of rotatable bonds is 7. The quantitative estimate of drug-likeness (QED) is 0.837. The van der Waals surface area contributed by atoms with Crippen LogP contribution < -0.4 is 10.5 Å². The van der Waals surface area contributed by atoms with Crippen LogP contribution in [0.4, 0.5) is 0 Å². The Hall–Kier alpha value is -1.55. The molecule has 1 amide bonds. The van der Waals surface area contributed by atoms with Crippen molar-refractivity contribution in [3.63, 3.8) is 0 Å². The van der Waals surface area contributed by atoms with Gasteiger partial charge >= 0.3 is 0 Å². The number of hydrogen-bond donors (Lipinski definition) is 1. The van der Waals surface area contributed by atoms with Crippen molar-refractivity contribution in [2.45, 2.75) is 32.6 Å². The highest BCUT2D eigenvalue weighted by atomic mass is 16.5. The summed E-state index contributed by atoms with van der Waals surface area (Å²) >= 11 is 0. The van der Waals surface area contributed by atoms with Crippen LogP contribution in [0.5, 0.6) is 5.75 Å². The topological polar surface area (TPSA) is 55.6 Å². The van der Waals surface area contributed by atoms with Gasteiger partial charge in [-0.3, -0.25) is 4.79 Å². The molecule has 1 atom stereocenters. The van der Waals surface area contributed by atoms with Crippen LogP contribution in [0, 0.1) is 5.92 Å². The van der Waals surface area contributed by atoms with Crippen molar-refractivity contribution in [3.8, 4) is 5.75 Å². The van der Waals surface area contributed by atoms with E-state index in [1.807, 2.05) is 29.2 Å². The third kappa shape index (κ3) is 4.46. The van der Waals surface area contributed by atoms with Gasteiger partial charge in [0.05, 0.1) is 12.5 Å². The van der Waals surface area contributed by atoms with Crippen molar-refractivity contribution in [2.75, 3.05) is 26.2 Å². The molecule has 1 aromatic rings. The first-order chi connectivity index (χ1) is 10.2. The second kappa shape index (κ2) is 8.03. The maximum Gasteiger partial charge on any atom is 0.227 e. The molecule has 4 heteroatoms. The van der Waals surface area contributed by atoms with E-state index in [1.165, 1.54) is 0 Å². The maximum atomic E-state index is 12.5. The molecule has 1 unspecified atom stereocenters. The van der Waals surface area contributed by atoms with E-state index in [1.54, 1.807) is 0 Å². The van der Waals surface area contributed by atoms with Crippen LogP contribution in [0.25, 0.3) is 0 Å². The summed E-state index contributed by atoms with van der Waals surface area (Å²) in [5.74, 6) is 0.957. The van der Waals surface area contributed by atoms with Crippen LogP contribution in [0.1, 0.15) is 31.7 Å². The van der Waals surface area contributed by atoms with E-state index in [4.69, 9.17) is 10.5 Å². The molecule has 0 radical (unpaired) electrons. The summed E-state index contributed by atoms with van der Waals surface area (Å²) in [7, 11) is 0. The molecule has 4 nitrogen and oxygen atoms in total. The number of hydrogen-bond acceptors (Lipinski definition) is 3. The van der Waals surface area contributed by atoms with Gasteiger partial charge < -0.3 is 15.4 Å². The van der Waals surface area contributed by atoms with Crippen molar-refractivity contribution < 1.29 is 9.53 Å². The van der Waals surface area contributed by atoms with Crippen molar-refractivity contribution in [2.24, 2.45) is 11.7 Å². The van der Waals surface area contributed by atoms with E-state index in [9.17, 15) is 4.79 Å². The molecule has 2 rings (SSSR count). The van der Waals surface area contributed by atoms with Crippen molar-refractivity contribution in [1.82, 2.24) is 4.90 Å². The minimum Gasteiger partial charge on any atom is -0.494 e. The fourth-order valence-corrected chi connectivity index (χ4v) is 2.73. The van der Waals surface area contributed by atoms with E-state index in [0.29, 0.717) is 13.0 Å². The monoisotopic (exact) mass is 290 g/mol. The second-order valence-electron chi connectivity index (χ2n) is 5.67. The average molecular weight is 290 g/mol. The average Bonchev–Trinajstić information content (AvgIpc) is 3.04. The molecule has 116 valence electrons. The van der Waals surface area contributed by atoms with E-state index in [0.717, 1.165) is 50.3 Å². The van der Waals surface area contributed by atoms with Crippen LogP contribution in [-0.4, -0.2) is 37.0 Å². The SMILES string of the molecule is CCCOc1cccc(CC(CN)C(=O)N2CCCC2)c1. The smallest absolute Gasteiger partial charge is 0.227 e. The summed E-state index contributed by atoms with van der Waals surface area (Å²) in [6.07, 6.45) is 3.91. The number of nitrogens with two attached hydrogens (primary N) is 1. The molecule has 1 aliphatic rings. The van der Waals surface area contributed by atoms with Gasteiger partial charge in [-0.25, -0.2) is 0 Å². The molecule has 1 aromatic carbocycles.